The van der Waals surface area contributed by atoms with E-state index in [9.17, 15) is 9.59 Å². The summed E-state index contributed by atoms with van der Waals surface area (Å²) in [6.45, 7) is 0. The molecule has 0 bridgehead atoms. The van der Waals surface area contributed by atoms with Crippen molar-refractivity contribution in [3.63, 3.8) is 0 Å². The molecule has 0 aliphatic carbocycles. The number of hydrogen-bond donors (Lipinski definition) is 2. The normalized spacial score (nSPS) is 10.9. The Kier molecular flexibility index (Phi) is 6.08. The molecule has 0 spiro atoms. The number of methoxy groups -OCH3 is 1. The number of ketones is 1. The van der Waals surface area contributed by atoms with Crippen molar-refractivity contribution < 1.29 is 14.3 Å². The van der Waals surface area contributed by atoms with Gasteiger partial charge in [0.2, 0.25) is 0 Å². The smallest absolute Gasteiger partial charge is 0.305 e. The zero-order chi connectivity index (χ0) is 14.1. The first kappa shape index (κ1) is 14.7. The number of hydrogen-bond acceptors (Lipinski definition) is 5. The second-order valence-electron chi connectivity index (χ2n) is 3.83. The Balaban J connectivity index is 2.37. The van der Waals surface area contributed by atoms with Crippen LogP contribution in [0.4, 0.5) is 5.69 Å². The van der Waals surface area contributed by atoms with Crippen LogP contribution in [0, 0.1) is 0 Å². The van der Waals surface area contributed by atoms with Crippen LogP contribution in [0.25, 0.3) is 0 Å². The SMILES string of the molecule is COC(=O)CCCC(=O)/C(N)=N\Nc1ccccc1. The molecule has 0 saturated heterocycles. The molecule has 0 unspecified atom stereocenters. The quantitative estimate of drug-likeness (QED) is 0.334. The number of anilines is 1. The number of Topliss-reactive ketones (excluding diaryl/α,β-unsaturated/α-hetero) is 1. The van der Waals surface area contributed by atoms with Crippen LogP contribution < -0.4 is 11.2 Å². The fourth-order valence-corrected chi connectivity index (χ4v) is 1.32. The van der Waals surface area contributed by atoms with E-state index in [2.05, 4.69) is 15.3 Å². The Morgan fingerprint density at radius 2 is 1.95 bits per heavy atom. The van der Waals surface area contributed by atoms with Crippen molar-refractivity contribution in [2.75, 3.05) is 12.5 Å². The molecule has 3 N–H and O–H groups in total. The van der Waals surface area contributed by atoms with Gasteiger partial charge in [-0.1, -0.05) is 18.2 Å². The maximum Gasteiger partial charge on any atom is 0.305 e. The van der Waals surface area contributed by atoms with Gasteiger partial charge in [0.25, 0.3) is 0 Å². The first-order chi connectivity index (χ1) is 9.13. The van der Waals surface area contributed by atoms with Crippen LogP contribution in [0.3, 0.4) is 0 Å². The second kappa shape index (κ2) is 7.86. The molecular weight excluding hydrogens is 246 g/mol. The zero-order valence-electron chi connectivity index (χ0n) is 10.8. The van der Waals surface area contributed by atoms with Crippen LogP contribution >= 0.6 is 0 Å². The average molecular weight is 263 g/mol. The van der Waals surface area contributed by atoms with Gasteiger partial charge in [0.05, 0.1) is 12.8 Å². The van der Waals surface area contributed by atoms with Crippen molar-refractivity contribution in [2.45, 2.75) is 19.3 Å². The maximum atomic E-state index is 11.6. The molecule has 1 rings (SSSR count). The lowest BCUT2D eigenvalue weighted by atomic mass is 10.1. The van der Waals surface area contributed by atoms with Crippen molar-refractivity contribution in [3.8, 4) is 0 Å². The van der Waals surface area contributed by atoms with E-state index < -0.39 is 0 Å². The predicted molar refractivity (Wildman–Crippen MR) is 72.6 cm³/mol. The Morgan fingerprint density at radius 3 is 2.58 bits per heavy atom. The van der Waals surface area contributed by atoms with E-state index in [-0.39, 0.29) is 30.4 Å². The molecule has 0 heterocycles. The van der Waals surface area contributed by atoms with Gasteiger partial charge < -0.3 is 10.5 Å². The third kappa shape index (κ3) is 5.67. The predicted octanol–water partition coefficient (Wildman–Crippen LogP) is 1.28. The molecule has 102 valence electrons. The summed E-state index contributed by atoms with van der Waals surface area (Å²) in [5.74, 6) is -0.744. The minimum Gasteiger partial charge on any atom is -0.469 e. The molecule has 0 amide bonds. The second-order valence-corrected chi connectivity index (χ2v) is 3.83. The van der Waals surface area contributed by atoms with Gasteiger partial charge in [-0.3, -0.25) is 15.0 Å². The lowest BCUT2D eigenvalue weighted by Crippen LogP contribution is -2.25. The van der Waals surface area contributed by atoms with Gasteiger partial charge in [0.15, 0.2) is 11.6 Å². The fourth-order valence-electron chi connectivity index (χ4n) is 1.32. The Labute approximate surface area is 111 Å². The lowest BCUT2D eigenvalue weighted by molar-refractivity contribution is -0.140. The molecule has 0 atom stereocenters. The standard InChI is InChI=1S/C13H17N3O3/c1-19-12(18)9-5-8-11(17)13(14)16-15-10-6-3-2-4-7-10/h2-4,6-7,15H,5,8-9H2,1H3,(H2,14,16). The lowest BCUT2D eigenvalue weighted by Gasteiger charge is -2.02. The topological polar surface area (TPSA) is 93.8 Å². The number of para-hydroxylation sites is 1. The minimum absolute atomic E-state index is 0.103. The molecule has 1 aromatic rings. The number of amidine groups is 1. The summed E-state index contributed by atoms with van der Waals surface area (Å²) in [5.41, 5.74) is 8.97. The van der Waals surface area contributed by atoms with Gasteiger partial charge in [-0.2, -0.15) is 5.10 Å². The first-order valence-corrected chi connectivity index (χ1v) is 5.87. The van der Waals surface area contributed by atoms with Gasteiger partial charge in [0, 0.05) is 12.8 Å². The molecular formula is C13H17N3O3. The molecule has 6 nitrogen and oxygen atoms in total. The maximum absolute atomic E-state index is 11.6. The number of ether oxygens (including phenoxy) is 1. The fraction of sp³-hybridized carbons (Fsp3) is 0.308. The van der Waals surface area contributed by atoms with E-state index in [0.29, 0.717) is 6.42 Å². The van der Waals surface area contributed by atoms with Crippen molar-refractivity contribution in [3.05, 3.63) is 30.3 Å². The third-order valence-electron chi connectivity index (χ3n) is 2.38. The van der Waals surface area contributed by atoms with Gasteiger partial charge >= 0.3 is 5.97 Å². The Hall–Kier alpha value is -2.37. The number of esters is 1. The molecule has 19 heavy (non-hydrogen) atoms. The Bertz CT molecular complexity index is 457. The monoisotopic (exact) mass is 263 g/mol. The summed E-state index contributed by atoms with van der Waals surface area (Å²) in [6, 6.07) is 9.16. The van der Waals surface area contributed by atoms with E-state index in [1.807, 2.05) is 18.2 Å². The summed E-state index contributed by atoms with van der Waals surface area (Å²) in [4.78, 5) is 22.5. The highest BCUT2D eigenvalue weighted by atomic mass is 16.5. The number of carbonyl (C=O) groups excluding carboxylic acids is 2. The van der Waals surface area contributed by atoms with Crippen LogP contribution in [0.2, 0.25) is 0 Å². The molecule has 0 radical (unpaired) electrons. The molecule has 0 aliphatic rings. The van der Waals surface area contributed by atoms with Gasteiger partial charge in [-0.25, -0.2) is 0 Å². The van der Waals surface area contributed by atoms with E-state index >= 15 is 0 Å². The molecule has 0 aliphatic heterocycles. The largest absolute Gasteiger partial charge is 0.469 e. The Morgan fingerprint density at radius 1 is 1.26 bits per heavy atom. The van der Waals surface area contributed by atoms with Crippen LogP contribution in [0.5, 0.6) is 0 Å². The summed E-state index contributed by atoms with van der Waals surface area (Å²) in [6.07, 6.45) is 0.760. The van der Waals surface area contributed by atoms with Crippen molar-refractivity contribution in [2.24, 2.45) is 10.8 Å². The number of rotatable bonds is 7. The highest BCUT2D eigenvalue weighted by Crippen LogP contribution is 2.04. The van der Waals surface area contributed by atoms with Crippen LogP contribution in [0.1, 0.15) is 19.3 Å². The van der Waals surface area contributed by atoms with E-state index in [1.54, 1.807) is 12.1 Å². The number of hydrazone groups is 1. The summed E-state index contributed by atoms with van der Waals surface area (Å²) < 4.78 is 4.47. The molecule has 1 aromatic carbocycles. The van der Waals surface area contributed by atoms with E-state index in [1.165, 1.54) is 7.11 Å². The number of nitrogens with two attached hydrogens (primary N) is 1. The number of benzene rings is 1. The van der Waals surface area contributed by atoms with Crippen molar-refractivity contribution in [1.82, 2.24) is 0 Å². The van der Waals surface area contributed by atoms with Gasteiger partial charge in [-0.05, 0) is 18.6 Å². The van der Waals surface area contributed by atoms with E-state index in [0.717, 1.165) is 5.69 Å². The number of carbonyl (C=O) groups is 2. The van der Waals surface area contributed by atoms with Crippen molar-refractivity contribution in [1.29, 1.82) is 0 Å². The van der Waals surface area contributed by atoms with E-state index in [4.69, 9.17) is 5.73 Å². The first-order valence-electron chi connectivity index (χ1n) is 5.87. The van der Waals surface area contributed by atoms with Crippen molar-refractivity contribution >= 4 is 23.3 Å². The summed E-state index contributed by atoms with van der Waals surface area (Å²) in [7, 11) is 1.31. The highest BCUT2D eigenvalue weighted by Gasteiger charge is 2.09. The highest BCUT2D eigenvalue weighted by molar-refractivity contribution is 6.38. The number of nitrogens with zero attached hydrogens (tertiary/aromatic N) is 1. The third-order valence-corrected chi connectivity index (χ3v) is 2.38. The van der Waals surface area contributed by atoms with Gasteiger partial charge in [0.1, 0.15) is 0 Å². The molecule has 6 heteroatoms. The van der Waals surface area contributed by atoms with Gasteiger partial charge in [-0.15, -0.1) is 0 Å². The van der Waals surface area contributed by atoms with Crippen LogP contribution in [-0.4, -0.2) is 24.7 Å². The molecule has 0 fully saturated rings. The number of nitrogens with one attached hydrogen (secondary N) is 1. The molecule has 0 saturated carbocycles. The minimum atomic E-state index is -0.342. The van der Waals surface area contributed by atoms with Crippen LogP contribution in [0.15, 0.2) is 35.4 Å². The molecule has 0 aromatic heterocycles. The zero-order valence-corrected chi connectivity index (χ0v) is 10.8. The van der Waals surface area contributed by atoms with Crippen LogP contribution in [-0.2, 0) is 14.3 Å². The summed E-state index contributed by atoms with van der Waals surface area (Å²) >= 11 is 0. The summed E-state index contributed by atoms with van der Waals surface area (Å²) in [5, 5.41) is 3.79. The average Bonchev–Trinajstić information content (AvgIpc) is 2.45.